The van der Waals surface area contributed by atoms with Gasteiger partial charge in [0.2, 0.25) is 0 Å². The summed E-state index contributed by atoms with van der Waals surface area (Å²) in [5, 5.41) is 3.36. The molecule has 1 aliphatic heterocycles. The predicted molar refractivity (Wildman–Crippen MR) is 57.5 cm³/mol. The minimum atomic E-state index is 0.896. The van der Waals surface area contributed by atoms with E-state index in [0.717, 1.165) is 23.2 Å². The van der Waals surface area contributed by atoms with Gasteiger partial charge >= 0.3 is 0 Å². The summed E-state index contributed by atoms with van der Waals surface area (Å²) in [5.74, 6) is 0.896. The quantitative estimate of drug-likeness (QED) is 0.817. The summed E-state index contributed by atoms with van der Waals surface area (Å²) in [4.78, 5) is 0. The first-order chi connectivity index (χ1) is 6.31. The standard InChI is InChI=1S/C10H12BrNO/c1-13-10-6-9-7(5-8(10)11)3-2-4-12-9/h5-6,12H,2-4H2,1H3. The minimum Gasteiger partial charge on any atom is -0.495 e. The maximum Gasteiger partial charge on any atom is 0.135 e. The summed E-state index contributed by atoms with van der Waals surface area (Å²) >= 11 is 3.48. The normalized spacial score (nSPS) is 14.6. The van der Waals surface area contributed by atoms with Crippen molar-refractivity contribution in [1.82, 2.24) is 0 Å². The Bertz CT molecular complexity index is 325. The highest BCUT2D eigenvalue weighted by atomic mass is 79.9. The molecule has 0 aromatic heterocycles. The predicted octanol–water partition coefficient (Wildman–Crippen LogP) is 2.82. The van der Waals surface area contributed by atoms with E-state index >= 15 is 0 Å². The van der Waals surface area contributed by atoms with Gasteiger partial charge in [0, 0.05) is 18.3 Å². The highest BCUT2D eigenvalue weighted by Gasteiger charge is 2.11. The number of anilines is 1. The summed E-state index contributed by atoms with van der Waals surface area (Å²) in [7, 11) is 1.69. The molecule has 1 aromatic carbocycles. The van der Waals surface area contributed by atoms with Crippen molar-refractivity contribution in [2.75, 3.05) is 19.0 Å². The lowest BCUT2D eigenvalue weighted by Crippen LogP contribution is -2.11. The van der Waals surface area contributed by atoms with E-state index < -0.39 is 0 Å². The van der Waals surface area contributed by atoms with E-state index in [1.165, 1.54) is 17.7 Å². The fourth-order valence-electron chi connectivity index (χ4n) is 1.62. The van der Waals surface area contributed by atoms with Gasteiger partial charge in [-0.05, 0) is 40.4 Å². The van der Waals surface area contributed by atoms with Crippen molar-refractivity contribution in [3.05, 3.63) is 22.2 Å². The van der Waals surface area contributed by atoms with Gasteiger partial charge in [-0.15, -0.1) is 0 Å². The summed E-state index contributed by atoms with van der Waals surface area (Å²) in [6, 6.07) is 4.19. The monoisotopic (exact) mass is 241 g/mol. The molecule has 1 heterocycles. The maximum atomic E-state index is 5.22. The van der Waals surface area contributed by atoms with E-state index in [9.17, 15) is 0 Å². The van der Waals surface area contributed by atoms with Crippen LogP contribution >= 0.6 is 15.9 Å². The van der Waals surface area contributed by atoms with Crippen molar-refractivity contribution in [3.63, 3.8) is 0 Å². The molecule has 13 heavy (non-hydrogen) atoms. The highest BCUT2D eigenvalue weighted by molar-refractivity contribution is 9.10. The minimum absolute atomic E-state index is 0.896. The summed E-state index contributed by atoms with van der Waals surface area (Å²) in [6.07, 6.45) is 2.37. The van der Waals surface area contributed by atoms with E-state index in [1.54, 1.807) is 7.11 Å². The lowest BCUT2D eigenvalue weighted by atomic mass is 10.0. The number of hydrogen-bond acceptors (Lipinski definition) is 2. The first-order valence-corrected chi connectivity index (χ1v) is 5.21. The van der Waals surface area contributed by atoms with Crippen LogP contribution in [0.4, 0.5) is 5.69 Å². The van der Waals surface area contributed by atoms with Gasteiger partial charge < -0.3 is 10.1 Å². The van der Waals surface area contributed by atoms with Crippen LogP contribution < -0.4 is 10.1 Å². The average molecular weight is 242 g/mol. The Balaban J connectivity index is 2.44. The van der Waals surface area contributed by atoms with Crippen LogP contribution in [0.5, 0.6) is 5.75 Å². The number of nitrogens with one attached hydrogen (secondary N) is 1. The van der Waals surface area contributed by atoms with Crippen LogP contribution in [0.3, 0.4) is 0 Å². The molecule has 1 N–H and O–H groups in total. The van der Waals surface area contributed by atoms with Gasteiger partial charge in [-0.2, -0.15) is 0 Å². The van der Waals surface area contributed by atoms with Crippen molar-refractivity contribution in [2.24, 2.45) is 0 Å². The van der Waals surface area contributed by atoms with Crippen LogP contribution in [0, 0.1) is 0 Å². The SMILES string of the molecule is COc1cc2c(cc1Br)CCCN2. The Hall–Kier alpha value is -0.700. The smallest absolute Gasteiger partial charge is 0.135 e. The fraction of sp³-hybridized carbons (Fsp3) is 0.400. The molecule has 0 fully saturated rings. The van der Waals surface area contributed by atoms with Gasteiger partial charge in [-0.1, -0.05) is 0 Å². The lowest BCUT2D eigenvalue weighted by Gasteiger charge is -2.19. The van der Waals surface area contributed by atoms with Crippen LogP contribution in [0.2, 0.25) is 0 Å². The number of halogens is 1. The third kappa shape index (κ3) is 1.66. The molecule has 1 aliphatic rings. The molecule has 0 saturated heterocycles. The molecular weight excluding hydrogens is 230 g/mol. The Kier molecular flexibility index (Phi) is 2.44. The van der Waals surface area contributed by atoms with Crippen molar-refractivity contribution in [1.29, 1.82) is 0 Å². The molecule has 0 unspecified atom stereocenters. The number of ether oxygens (including phenoxy) is 1. The zero-order chi connectivity index (χ0) is 9.26. The van der Waals surface area contributed by atoms with Gasteiger partial charge in [0.25, 0.3) is 0 Å². The maximum absolute atomic E-state index is 5.22. The zero-order valence-corrected chi connectivity index (χ0v) is 9.15. The number of rotatable bonds is 1. The van der Waals surface area contributed by atoms with Gasteiger partial charge in [0.1, 0.15) is 5.75 Å². The topological polar surface area (TPSA) is 21.3 Å². The molecular formula is C10H12BrNO. The Morgan fingerprint density at radius 1 is 1.46 bits per heavy atom. The van der Waals surface area contributed by atoms with Crippen LogP contribution in [0.15, 0.2) is 16.6 Å². The number of hydrogen-bond donors (Lipinski definition) is 1. The Morgan fingerprint density at radius 2 is 2.31 bits per heavy atom. The second-order valence-corrected chi connectivity index (χ2v) is 4.03. The highest BCUT2D eigenvalue weighted by Crippen LogP contribution is 2.33. The summed E-state index contributed by atoms with van der Waals surface area (Å²) in [5.41, 5.74) is 2.59. The number of methoxy groups -OCH3 is 1. The Labute approximate surface area is 86.4 Å². The molecule has 0 bridgehead atoms. The fourth-order valence-corrected chi connectivity index (χ4v) is 2.18. The molecule has 2 rings (SSSR count). The van der Waals surface area contributed by atoms with Crippen LogP contribution in [0.1, 0.15) is 12.0 Å². The van der Waals surface area contributed by atoms with Gasteiger partial charge in [-0.3, -0.25) is 0 Å². The number of fused-ring (bicyclic) bond motifs is 1. The molecule has 0 atom stereocenters. The van der Waals surface area contributed by atoms with Crippen molar-refractivity contribution >= 4 is 21.6 Å². The third-order valence-electron chi connectivity index (χ3n) is 2.32. The van der Waals surface area contributed by atoms with Gasteiger partial charge in [0.05, 0.1) is 11.6 Å². The summed E-state index contributed by atoms with van der Waals surface area (Å²) < 4.78 is 6.26. The van der Waals surface area contributed by atoms with E-state index in [2.05, 4.69) is 33.4 Å². The van der Waals surface area contributed by atoms with Crippen molar-refractivity contribution in [2.45, 2.75) is 12.8 Å². The number of benzene rings is 1. The second-order valence-electron chi connectivity index (χ2n) is 3.17. The number of aryl methyl sites for hydroxylation is 1. The van der Waals surface area contributed by atoms with E-state index in [-0.39, 0.29) is 0 Å². The van der Waals surface area contributed by atoms with Gasteiger partial charge in [-0.25, -0.2) is 0 Å². The van der Waals surface area contributed by atoms with Crippen molar-refractivity contribution in [3.8, 4) is 5.75 Å². The van der Waals surface area contributed by atoms with Gasteiger partial charge in [0.15, 0.2) is 0 Å². The molecule has 0 aliphatic carbocycles. The molecule has 1 aromatic rings. The van der Waals surface area contributed by atoms with Crippen molar-refractivity contribution < 1.29 is 4.74 Å². The average Bonchev–Trinajstić information content (AvgIpc) is 2.17. The molecule has 0 spiro atoms. The van der Waals surface area contributed by atoms with Crippen LogP contribution in [-0.2, 0) is 6.42 Å². The molecule has 0 amide bonds. The molecule has 3 heteroatoms. The molecule has 70 valence electrons. The molecule has 2 nitrogen and oxygen atoms in total. The molecule has 0 saturated carbocycles. The molecule has 0 radical (unpaired) electrons. The van der Waals surface area contributed by atoms with Crippen LogP contribution in [0.25, 0.3) is 0 Å². The largest absolute Gasteiger partial charge is 0.495 e. The lowest BCUT2D eigenvalue weighted by molar-refractivity contribution is 0.412. The first-order valence-electron chi connectivity index (χ1n) is 4.41. The summed E-state index contributed by atoms with van der Waals surface area (Å²) in [6.45, 7) is 1.07. The van der Waals surface area contributed by atoms with E-state index in [4.69, 9.17) is 4.74 Å². The van der Waals surface area contributed by atoms with Crippen LogP contribution in [-0.4, -0.2) is 13.7 Å². The van der Waals surface area contributed by atoms with E-state index in [0.29, 0.717) is 0 Å². The van der Waals surface area contributed by atoms with E-state index in [1.807, 2.05) is 0 Å². The Morgan fingerprint density at radius 3 is 3.08 bits per heavy atom. The zero-order valence-electron chi connectivity index (χ0n) is 7.56. The second kappa shape index (κ2) is 3.58. The third-order valence-corrected chi connectivity index (χ3v) is 2.94. The first kappa shape index (κ1) is 8.88.